The molecular formula is C13H15F2N3O2. The summed E-state index contributed by atoms with van der Waals surface area (Å²) in [7, 11) is 0. The van der Waals surface area contributed by atoms with E-state index in [1.807, 2.05) is 13.8 Å². The van der Waals surface area contributed by atoms with Gasteiger partial charge in [-0.2, -0.15) is 4.98 Å². The molecule has 0 aliphatic carbocycles. The van der Waals surface area contributed by atoms with Gasteiger partial charge in [-0.3, -0.25) is 0 Å². The van der Waals surface area contributed by atoms with E-state index in [9.17, 15) is 8.78 Å². The van der Waals surface area contributed by atoms with E-state index in [1.165, 1.54) is 0 Å². The highest BCUT2D eigenvalue weighted by atomic mass is 19.1. The molecule has 7 heteroatoms. The van der Waals surface area contributed by atoms with Crippen LogP contribution in [0.5, 0.6) is 5.75 Å². The van der Waals surface area contributed by atoms with Gasteiger partial charge in [0.15, 0.2) is 29.8 Å². The smallest absolute Gasteiger partial charge is 0.264 e. The molecule has 0 unspecified atom stereocenters. The lowest BCUT2D eigenvalue weighted by Crippen LogP contribution is -2.04. The summed E-state index contributed by atoms with van der Waals surface area (Å²) in [5.41, 5.74) is 5.68. The molecule has 0 atom stereocenters. The Morgan fingerprint density at radius 1 is 1.30 bits per heavy atom. The molecule has 0 spiro atoms. The third-order valence-electron chi connectivity index (χ3n) is 2.63. The van der Waals surface area contributed by atoms with Gasteiger partial charge in [0.2, 0.25) is 0 Å². The fourth-order valence-electron chi connectivity index (χ4n) is 1.56. The molecule has 1 heterocycles. The predicted octanol–water partition coefficient (Wildman–Crippen LogP) is 2.51. The molecule has 0 fully saturated rings. The fourth-order valence-corrected chi connectivity index (χ4v) is 1.56. The maximum atomic E-state index is 13.6. The molecule has 108 valence electrons. The average molecular weight is 283 g/mol. The van der Waals surface area contributed by atoms with Gasteiger partial charge in [-0.1, -0.05) is 19.0 Å². The van der Waals surface area contributed by atoms with E-state index >= 15 is 0 Å². The Kier molecular flexibility index (Phi) is 4.29. The number of ether oxygens (including phenoxy) is 1. The largest absolute Gasteiger partial charge is 0.478 e. The highest BCUT2D eigenvalue weighted by molar-refractivity contribution is 5.31. The Bertz CT molecular complexity index is 576. The van der Waals surface area contributed by atoms with Crippen molar-refractivity contribution < 1.29 is 18.0 Å². The highest BCUT2D eigenvalue weighted by Crippen LogP contribution is 2.24. The lowest BCUT2D eigenvalue weighted by Gasteiger charge is -2.07. The molecule has 0 saturated heterocycles. The Morgan fingerprint density at radius 3 is 2.45 bits per heavy atom. The zero-order valence-electron chi connectivity index (χ0n) is 11.2. The predicted molar refractivity (Wildman–Crippen MR) is 67.0 cm³/mol. The minimum absolute atomic E-state index is 0.0511. The number of hydrogen-bond donors (Lipinski definition) is 1. The van der Waals surface area contributed by atoms with Crippen molar-refractivity contribution in [1.29, 1.82) is 0 Å². The van der Waals surface area contributed by atoms with Gasteiger partial charge in [0.1, 0.15) is 0 Å². The van der Waals surface area contributed by atoms with E-state index in [4.69, 9.17) is 15.0 Å². The first kappa shape index (κ1) is 14.4. The lowest BCUT2D eigenvalue weighted by molar-refractivity contribution is 0.224. The summed E-state index contributed by atoms with van der Waals surface area (Å²) in [6, 6.07) is 2.26. The molecule has 2 rings (SSSR count). The molecule has 0 amide bonds. The van der Waals surface area contributed by atoms with Crippen molar-refractivity contribution in [2.45, 2.75) is 32.9 Å². The van der Waals surface area contributed by atoms with Crippen LogP contribution in [0.15, 0.2) is 16.7 Å². The number of rotatable bonds is 5. The first-order chi connectivity index (χ1) is 9.51. The summed E-state index contributed by atoms with van der Waals surface area (Å²) in [6.07, 6.45) is 0. The van der Waals surface area contributed by atoms with Gasteiger partial charge in [-0.05, 0) is 17.7 Å². The number of benzene rings is 1. The molecule has 0 aliphatic rings. The fraction of sp³-hybridized carbons (Fsp3) is 0.385. The zero-order chi connectivity index (χ0) is 14.7. The number of hydrogen-bond acceptors (Lipinski definition) is 5. The second-order valence-corrected chi connectivity index (χ2v) is 4.58. The highest BCUT2D eigenvalue weighted by Gasteiger charge is 2.15. The number of halogens is 2. The summed E-state index contributed by atoms with van der Waals surface area (Å²) in [4.78, 5) is 4.05. The zero-order valence-corrected chi connectivity index (χ0v) is 11.2. The van der Waals surface area contributed by atoms with Crippen LogP contribution in [-0.4, -0.2) is 10.1 Å². The molecule has 1 aromatic carbocycles. The van der Waals surface area contributed by atoms with Crippen LogP contribution in [0, 0.1) is 11.6 Å². The molecule has 0 bridgehead atoms. The first-order valence-corrected chi connectivity index (χ1v) is 6.14. The summed E-state index contributed by atoms with van der Waals surface area (Å²) < 4.78 is 37.3. The normalized spacial score (nSPS) is 11.1. The van der Waals surface area contributed by atoms with E-state index in [0.717, 1.165) is 12.1 Å². The van der Waals surface area contributed by atoms with Crippen LogP contribution in [0.4, 0.5) is 8.78 Å². The summed E-state index contributed by atoms with van der Waals surface area (Å²) in [5.74, 6) is -1.32. The third kappa shape index (κ3) is 3.11. The number of nitrogens with zero attached hydrogens (tertiary/aromatic N) is 2. The average Bonchev–Trinajstić information content (AvgIpc) is 2.86. The van der Waals surface area contributed by atoms with E-state index in [0.29, 0.717) is 11.4 Å². The Hall–Kier alpha value is -2.02. The minimum atomic E-state index is -0.811. The third-order valence-corrected chi connectivity index (χ3v) is 2.63. The van der Waals surface area contributed by atoms with Crippen molar-refractivity contribution in [2.24, 2.45) is 5.73 Å². The Morgan fingerprint density at radius 2 is 1.95 bits per heavy atom. The molecule has 1 aromatic heterocycles. The van der Waals surface area contributed by atoms with Crippen molar-refractivity contribution in [1.82, 2.24) is 10.1 Å². The summed E-state index contributed by atoms with van der Waals surface area (Å²) in [6.45, 7) is 3.66. The van der Waals surface area contributed by atoms with E-state index < -0.39 is 17.4 Å². The van der Waals surface area contributed by atoms with Crippen LogP contribution in [0.1, 0.15) is 37.0 Å². The van der Waals surface area contributed by atoms with Crippen LogP contribution in [0.2, 0.25) is 0 Å². The van der Waals surface area contributed by atoms with E-state index in [2.05, 4.69) is 10.1 Å². The van der Waals surface area contributed by atoms with Crippen LogP contribution < -0.4 is 10.5 Å². The number of nitrogens with two attached hydrogens (primary N) is 1. The second kappa shape index (κ2) is 5.96. The van der Waals surface area contributed by atoms with E-state index in [1.54, 1.807) is 0 Å². The van der Waals surface area contributed by atoms with Crippen LogP contribution in [-0.2, 0) is 13.2 Å². The van der Waals surface area contributed by atoms with Gasteiger partial charge in [0.25, 0.3) is 5.89 Å². The Balaban J connectivity index is 2.10. The van der Waals surface area contributed by atoms with Crippen molar-refractivity contribution in [3.63, 3.8) is 0 Å². The topological polar surface area (TPSA) is 74.2 Å². The SMILES string of the molecule is CC(C)c1noc(COc2c(F)cc(CN)cc2F)n1. The molecule has 0 saturated carbocycles. The van der Waals surface area contributed by atoms with Crippen molar-refractivity contribution in [3.8, 4) is 5.75 Å². The summed E-state index contributed by atoms with van der Waals surface area (Å²) in [5, 5.41) is 3.73. The van der Waals surface area contributed by atoms with Gasteiger partial charge < -0.3 is 15.0 Å². The Labute approximate surface area is 114 Å². The first-order valence-electron chi connectivity index (χ1n) is 6.14. The van der Waals surface area contributed by atoms with Gasteiger partial charge in [0, 0.05) is 12.5 Å². The van der Waals surface area contributed by atoms with Crippen LogP contribution >= 0.6 is 0 Å². The van der Waals surface area contributed by atoms with Gasteiger partial charge in [-0.15, -0.1) is 0 Å². The minimum Gasteiger partial charge on any atom is -0.478 e. The maximum Gasteiger partial charge on any atom is 0.264 e. The quantitative estimate of drug-likeness (QED) is 0.912. The monoisotopic (exact) mass is 283 g/mol. The molecule has 20 heavy (non-hydrogen) atoms. The standard InChI is InChI=1S/C13H15F2N3O2/c1-7(2)13-17-11(20-18-13)6-19-12-9(14)3-8(5-16)4-10(12)15/h3-4,7H,5-6,16H2,1-2H3. The summed E-state index contributed by atoms with van der Waals surface area (Å²) >= 11 is 0. The second-order valence-electron chi connectivity index (χ2n) is 4.58. The van der Waals surface area contributed by atoms with Crippen molar-refractivity contribution in [2.75, 3.05) is 0 Å². The molecule has 2 N–H and O–H groups in total. The molecule has 0 radical (unpaired) electrons. The van der Waals surface area contributed by atoms with Crippen molar-refractivity contribution in [3.05, 3.63) is 41.0 Å². The van der Waals surface area contributed by atoms with Gasteiger partial charge in [-0.25, -0.2) is 8.78 Å². The van der Waals surface area contributed by atoms with Crippen LogP contribution in [0.25, 0.3) is 0 Å². The van der Waals surface area contributed by atoms with Gasteiger partial charge in [0.05, 0.1) is 0 Å². The lowest BCUT2D eigenvalue weighted by atomic mass is 10.2. The molecule has 2 aromatic rings. The molecule has 0 aliphatic heterocycles. The number of aromatic nitrogens is 2. The maximum absolute atomic E-state index is 13.6. The van der Waals surface area contributed by atoms with Crippen LogP contribution in [0.3, 0.4) is 0 Å². The van der Waals surface area contributed by atoms with Crippen molar-refractivity contribution >= 4 is 0 Å². The molecular weight excluding hydrogens is 268 g/mol. The van der Waals surface area contributed by atoms with E-state index in [-0.39, 0.29) is 25.0 Å². The molecule has 5 nitrogen and oxygen atoms in total. The van der Waals surface area contributed by atoms with Gasteiger partial charge >= 0.3 is 0 Å².